The number of benzene rings is 1. The van der Waals surface area contributed by atoms with Gasteiger partial charge in [-0.05, 0) is 53.9 Å². The van der Waals surface area contributed by atoms with Gasteiger partial charge in [-0.15, -0.1) is 0 Å². The minimum Gasteiger partial charge on any atom is -0.310 e. The van der Waals surface area contributed by atoms with Gasteiger partial charge in [0, 0.05) is 6.20 Å². The predicted molar refractivity (Wildman–Crippen MR) is 77.9 cm³/mol. The maximum atomic E-state index is 13.2. The molecular weight excluding hydrogens is 295 g/mol. The third-order valence-electron chi connectivity index (χ3n) is 2.92. The van der Waals surface area contributed by atoms with Crippen molar-refractivity contribution >= 4 is 28.6 Å². The summed E-state index contributed by atoms with van der Waals surface area (Å²) in [4.78, 5) is 26.7. The lowest BCUT2D eigenvalue weighted by molar-refractivity contribution is -0.115. The van der Waals surface area contributed by atoms with Gasteiger partial charge in [0.1, 0.15) is 11.6 Å². The van der Waals surface area contributed by atoms with Crippen LogP contribution in [0, 0.1) is 12.7 Å². The van der Waals surface area contributed by atoms with E-state index in [9.17, 15) is 14.0 Å². The smallest absolute Gasteiger partial charge is 0.253 e. The topological polar surface area (TPSA) is 59.1 Å². The molecule has 0 fully saturated rings. The normalized spacial score (nSPS) is 10.2. The van der Waals surface area contributed by atoms with Gasteiger partial charge in [0.05, 0.1) is 12.0 Å². The van der Waals surface area contributed by atoms with Crippen LogP contribution in [0.15, 0.2) is 36.5 Å². The number of nitrogens with one attached hydrogen (secondary N) is 1. The van der Waals surface area contributed by atoms with Crippen molar-refractivity contribution in [2.24, 2.45) is 0 Å². The molecule has 1 aromatic heterocycles. The standard InChI is InChI=1S/C15H12ClFN2O2/c1-9-2-4-12(17)6-11(9)7-14(20)19-13-5-3-10(8-18-13)15(16)21/h2-6,8H,7H2,1H3,(H,18,19,20). The first-order valence-corrected chi connectivity index (χ1v) is 6.54. The second-order valence-electron chi connectivity index (χ2n) is 4.50. The van der Waals surface area contributed by atoms with Crippen molar-refractivity contribution in [2.45, 2.75) is 13.3 Å². The van der Waals surface area contributed by atoms with E-state index in [2.05, 4.69) is 10.3 Å². The number of carbonyl (C=O) groups is 2. The third kappa shape index (κ3) is 4.10. The summed E-state index contributed by atoms with van der Waals surface area (Å²) in [6.07, 6.45) is 1.32. The van der Waals surface area contributed by atoms with Gasteiger partial charge in [-0.25, -0.2) is 9.37 Å². The molecule has 4 nitrogen and oxygen atoms in total. The minimum absolute atomic E-state index is 0.0431. The molecule has 1 heterocycles. The number of rotatable bonds is 4. The number of halogens is 2. The highest BCUT2D eigenvalue weighted by Gasteiger charge is 2.09. The zero-order chi connectivity index (χ0) is 15.4. The quantitative estimate of drug-likeness (QED) is 0.883. The number of hydrogen-bond donors (Lipinski definition) is 1. The van der Waals surface area contributed by atoms with Gasteiger partial charge in [0.15, 0.2) is 0 Å². The molecule has 1 amide bonds. The Morgan fingerprint density at radius 2 is 2.05 bits per heavy atom. The molecule has 1 aromatic carbocycles. The Balaban J connectivity index is 2.04. The molecule has 108 valence electrons. The summed E-state index contributed by atoms with van der Waals surface area (Å²) >= 11 is 5.30. The number of aromatic nitrogens is 1. The minimum atomic E-state index is -0.615. The first-order chi connectivity index (χ1) is 9.95. The Morgan fingerprint density at radius 1 is 1.29 bits per heavy atom. The van der Waals surface area contributed by atoms with Crippen LogP contribution in [-0.4, -0.2) is 16.1 Å². The summed E-state index contributed by atoms with van der Waals surface area (Å²) in [7, 11) is 0. The van der Waals surface area contributed by atoms with E-state index in [1.807, 2.05) is 0 Å². The Labute approximate surface area is 126 Å². The number of nitrogens with zero attached hydrogens (tertiary/aromatic N) is 1. The fourth-order valence-electron chi connectivity index (χ4n) is 1.77. The van der Waals surface area contributed by atoms with Crippen LogP contribution in [0.3, 0.4) is 0 Å². The summed E-state index contributed by atoms with van der Waals surface area (Å²) in [6, 6.07) is 7.24. The zero-order valence-electron chi connectivity index (χ0n) is 11.2. The summed E-state index contributed by atoms with van der Waals surface area (Å²) in [5, 5.41) is 1.96. The fraction of sp³-hybridized carbons (Fsp3) is 0.133. The molecule has 0 spiro atoms. The number of pyridine rings is 1. The van der Waals surface area contributed by atoms with Gasteiger partial charge in [-0.3, -0.25) is 9.59 Å². The van der Waals surface area contributed by atoms with Crippen LogP contribution < -0.4 is 5.32 Å². The number of anilines is 1. The first-order valence-electron chi connectivity index (χ1n) is 6.16. The van der Waals surface area contributed by atoms with Gasteiger partial charge < -0.3 is 5.32 Å². The molecule has 0 aliphatic carbocycles. The van der Waals surface area contributed by atoms with E-state index >= 15 is 0 Å². The SMILES string of the molecule is Cc1ccc(F)cc1CC(=O)Nc1ccc(C(=O)Cl)cn1. The van der Waals surface area contributed by atoms with Crippen molar-refractivity contribution in [3.8, 4) is 0 Å². The lowest BCUT2D eigenvalue weighted by Gasteiger charge is -2.07. The predicted octanol–water partition coefficient (Wildman–Crippen LogP) is 3.09. The maximum Gasteiger partial charge on any atom is 0.253 e. The Bertz CT molecular complexity index is 687. The van der Waals surface area contributed by atoms with Crippen LogP contribution in [0.2, 0.25) is 0 Å². The number of carbonyl (C=O) groups excluding carboxylic acids is 2. The Morgan fingerprint density at radius 3 is 2.67 bits per heavy atom. The van der Waals surface area contributed by atoms with Crippen molar-refractivity contribution in [3.05, 3.63) is 59.0 Å². The molecular formula is C15H12ClFN2O2. The van der Waals surface area contributed by atoms with Gasteiger partial charge in [-0.1, -0.05) is 6.07 Å². The average Bonchev–Trinajstić information content (AvgIpc) is 2.43. The van der Waals surface area contributed by atoms with Gasteiger partial charge in [-0.2, -0.15) is 0 Å². The number of hydrogen-bond acceptors (Lipinski definition) is 3. The molecule has 0 atom stereocenters. The average molecular weight is 307 g/mol. The molecule has 0 aliphatic rings. The van der Waals surface area contributed by atoms with E-state index in [0.717, 1.165) is 5.56 Å². The lowest BCUT2D eigenvalue weighted by atomic mass is 10.1. The summed E-state index contributed by atoms with van der Waals surface area (Å²) < 4.78 is 13.2. The van der Waals surface area contributed by atoms with Crippen LogP contribution >= 0.6 is 11.6 Å². The molecule has 1 N–H and O–H groups in total. The highest BCUT2D eigenvalue weighted by Crippen LogP contribution is 2.12. The molecule has 0 aliphatic heterocycles. The molecule has 2 aromatic rings. The molecule has 6 heteroatoms. The number of aryl methyl sites for hydroxylation is 1. The Kier molecular flexibility index (Phi) is 4.65. The number of amides is 1. The summed E-state index contributed by atoms with van der Waals surface area (Å²) in [5.41, 5.74) is 1.69. The van der Waals surface area contributed by atoms with E-state index in [1.54, 1.807) is 13.0 Å². The monoisotopic (exact) mass is 306 g/mol. The van der Waals surface area contributed by atoms with Crippen LogP contribution in [0.1, 0.15) is 21.5 Å². The van der Waals surface area contributed by atoms with Crippen molar-refractivity contribution in [1.82, 2.24) is 4.98 Å². The van der Waals surface area contributed by atoms with E-state index in [0.29, 0.717) is 11.4 Å². The first kappa shape index (κ1) is 15.1. The second kappa shape index (κ2) is 6.45. The van der Waals surface area contributed by atoms with Gasteiger partial charge in [0.25, 0.3) is 5.24 Å². The summed E-state index contributed by atoms with van der Waals surface area (Å²) in [6.45, 7) is 1.81. The molecule has 21 heavy (non-hydrogen) atoms. The highest BCUT2D eigenvalue weighted by atomic mass is 35.5. The zero-order valence-corrected chi connectivity index (χ0v) is 11.9. The van der Waals surface area contributed by atoms with Crippen LogP contribution in [-0.2, 0) is 11.2 Å². The molecule has 0 bridgehead atoms. The molecule has 0 unspecified atom stereocenters. The third-order valence-corrected chi connectivity index (χ3v) is 3.14. The van der Waals surface area contributed by atoms with E-state index < -0.39 is 5.24 Å². The van der Waals surface area contributed by atoms with E-state index in [1.165, 1.54) is 30.5 Å². The van der Waals surface area contributed by atoms with Crippen molar-refractivity contribution in [2.75, 3.05) is 5.32 Å². The van der Waals surface area contributed by atoms with Crippen molar-refractivity contribution in [1.29, 1.82) is 0 Å². The highest BCUT2D eigenvalue weighted by molar-refractivity contribution is 6.67. The van der Waals surface area contributed by atoms with Crippen LogP contribution in [0.4, 0.5) is 10.2 Å². The fourth-order valence-corrected chi connectivity index (χ4v) is 1.89. The maximum absolute atomic E-state index is 13.2. The lowest BCUT2D eigenvalue weighted by Crippen LogP contribution is -2.16. The van der Waals surface area contributed by atoms with Gasteiger partial charge in [0.2, 0.25) is 5.91 Å². The van der Waals surface area contributed by atoms with Gasteiger partial charge >= 0.3 is 0 Å². The van der Waals surface area contributed by atoms with Crippen molar-refractivity contribution < 1.29 is 14.0 Å². The molecule has 0 saturated carbocycles. The van der Waals surface area contributed by atoms with Crippen LogP contribution in [0.5, 0.6) is 0 Å². The molecule has 0 saturated heterocycles. The molecule has 2 rings (SSSR count). The largest absolute Gasteiger partial charge is 0.310 e. The second-order valence-corrected chi connectivity index (χ2v) is 4.84. The summed E-state index contributed by atoms with van der Waals surface area (Å²) in [5.74, 6) is -0.400. The van der Waals surface area contributed by atoms with E-state index in [4.69, 9.17) is 11.6 Å². The van der Waals surface area contributed by atoms with Crippen LogP contribution in [0.25, 0.3) is 0 Å². The van der Waals surface area contributed by atoms with Crippen molar-refractivity contribution in [3.63, 3.8) is 0 Å². The molecule has 0 radical (unpaired) electrons. The Hall–Kier alpha value is -2.27. The van der Waals surface area contributed by atoms with E-state index in [-0.39, 0.29) is 23.7 Å².